The molecule has 5 nitrogen and oxygen atoms in total. The SMILES string of the molecule is CCn1c(-c2ccc(OC)c(OC)c2)cc(-c2ccccc2)nc1=O. The van der Waals surface area contributed by atoms with E-state index in [4.69, 9.17) is 9.47 Å². The molecule has 0 fully saturated rings. The first-order valence-electron chi connectivity index (χ1n) is 8.07. The molecule has 0 saturated heterocycles. The van der Waals surface area contributed by atoms with Crippen molar-refractivity contribution >= 4 is 0 Å². The van der Waals surface area contributed by atoms with Crippen molar-refractivity contribution in [2.24, 2.45) is 0 Å². The van der Waals surface area contributed by atoms with Gasteiger partial charge in [-0.2, -0.15) is 4.98 Å². The molecule has 0 saturated carbocycles. The summed E-state index contributed by atoms with van der Waals surface area (Å²) in [5.41, 5.74) is 2.96. The van der Waals surface area contributed by atoms with Gasteiger partial charge in [0.25, 0.3) is 0 Å². The van der Waals surface area contributed by atoms with E-state index in [0.717, 1.165) is 16.8 Å². The molecule has 25 heavy (non-hydrogen) atoms. The van der Waals surface area contributed by atoms with Crippen LogP contribution in [0.5, 0.6) is 11.5 Å². The summed E-state index contributed by atoms with van der Waals surface area (Å²) < 4.78 is 12.3. The van der Waals surface area contributed by atoms with E-state index < -0.39 is 0 Å². The average Bonchev–Trinajstić information content (AvgIpc) is 2.67. The molecule has 2 aromatic carbocycles. The normalized spacial score (nSPS) is 10.5. The van der Waals surface area contributed by atoms with Crippen molar-refractivity contribution in [2.45, 2.75) is 13.5 Å². The molecular formula is C20H20N2O3. The minimum atomic E-state index is -0.270. The van der Waals surface area contributed by atoms with E-state index in [2.05, 4.69) is 4.98 Å². The summed E-state index contributed by atoms with van der Waals surface area (Å²) in [5.74, 6) is 1.27. The highest BCUT2D eigenvalue weighted by molar-refractivity contribution is 5.70. The van der Waals surface area contributed by atoms with Crippen LogP contribution in [0.4, 0.5) is 0 Å². The average molecular weight is 336 g/mol. The Morgan fingerprint density at radius 1 is 0.920 bits per heavy atom. The highest BCUT2D eigenvalue weighted by Gasteiger charge is 2.13. The molecule has 0 radical (unpaired) electrons. The molecule has 3 aromatic rings. The van der Waals surface area contributed by atoms with E-state index in [9.17, 15) is 4.79 Å². The van der Waals surface area contributed by atoms with E-state index >= 15 is 0 Å². The van der Waals surface area contributed by atoms with Crippen LogP contribution in [0, 0.1) is 0 Å². The Kier molecular flexibility index (Phi) is 4.84. The number of benzene rings is 2. The van der Waals surface area contributed by atoms with Gasteiger partial charge in [-0.15, -0.1) is 0 Å². The zero-order valence-electron chi connectivity index (χ0n) is 14.5. The number of ether oxygens (including phenoxy) is 2. The van der Waals surface area contributed by atoms with E-state index in [1.165, 1.54) is 0 Å². The van der Waals surface area contributed by atoms with Gasteiger partial charge in [0, 0.05) is 17.7 Å². The fourth-order valence-electron chi connectivity index (χ4n) is 2.80. The molecule has 0 aliphatic rings. The van der Waals surface area contributed by atoms with Crippen molar-refractivity contribution in [2.75, 3.05) is 14.2 Å². The van der Waals surface area contributed by atoms with Crippen LogP contribution in [0.25, 0.3) is 22.5 Å². The maximum Gasteiger partial charge on any atom is 0.348 e. The molecule has 0 N–H and O–H groups in total. The maximum atomic E-state index is 12.5. The molecule has 0 bridgehead atoms. The molecular weight excluding hydrogens is 316 g/mol. The standard InChI is InChI=1S/C20H20N2O3/c1-4-22-17(15-10-11-18(24-2)19(12-15)25-3)13-16(21-20(22)23)14-8-6-5-7-9-14/h5-13H,4H2,1-3H3. The lowest BCUT2D eigenvalue weighted by atomic mass is 10.1. The zero-order valence-corrected chi connectivity index (χ0v) is 14.5. The molecule has 128 valence electrons. The Balaban J connectivity index is 2.21. The zero-order chi connectivity index (χ0) is 17.8. The number of hydrogen-bond donors (Lipinski definition) is 0. The summed E-state index contributed by atoms with van der Waals surface area (Å²) in [6, 6.07) is 17.2. The first-order valence-corrected chi connectivity index (χ1v) is 8.07. The lowest BCUT2D eigenvalue weighted by Crippen LogP contribution is -2.24. The van der Waals surface area contributed by atoms with Crippen LogP contribution in [0.15, 0.2) is 59.4 Å². The fraction of sp³-hybridized carbons (Fsp3) is 0.200. The third kappa shape index (κ3) is 3.26. The fourth-order valence-corrected chi connectivity index (χ4v) is 2.80. The van der Waals surface area contributed by atoms with Gasteiger partial charge in [-0.25, -0.2) is 4.79 Å². The number of aromatic nitrogens is 2. The second-order valence-electron chi connectivity index (χ2n) is 5.49. The monoisotopic (exact) mass is 336 g/mol. The van der Waals surface area contributed by atoms with E-state index in [-0.39, 0.29) is 5.69 Å². The van der Waals surface area contributed by atoms with Gasteiger partial charge in [0.1, 0.15) is 0 Å². The highest BCUT2D eigenvalue weighted by atomic mass is 16.5. The van der Waals surface area contributed by atoms with Crippen LogP contribution in [-0.2, 0) is 6.54 Å². The molecule has 0 unspecified atom stereocenters. The van der Waals surface area contributed by atoms with E-state index in [0.29, 0.717) is 23.7 Å². The molecule has 1 heterocycles. The largest absolute Gasteiger partial charge is 0.493 e. The first-order chi connectivity index (χ1) is 12.2. The smallest absolute Gasteiger partial charge is 0.348 e. The molecule has 0 atom stereocenters. The van der Waals surface area contributed by atoms with Crippen molar-refractivity contribution in [3.05, 3.63) is 65.1 Å². The van der Waals surface area contributed by atoms with Gasteiger partial charge >= 0.3 is 5.69 Å². The van der Waals surface area contributed by atoms with Crippen LogP contribution in [-0.4, -0.2) is 23.8 Å². The van der Waals surface area contributed by atoms with Crippen molar-refractivity contribution in [1.29, 1.82) is 0 Å². The summed E-state index contributed by atoms with van der Waals surface area (Å²) in [5, 5.41) is 0. The Morgan fingerprint density at radius 2 is 1.64 bits per heavy atom. The van der Waals surface area contributed by atoms with Gasteiger partial charge < -0.3 is 9.47 Å². The highest BCUT2D eigenvalue weighted by Crippen LogP contribution is 2.32. The van der Waals surface area contributed by atoms with Crippen LogP contribution in [0.1, 0.15) is 6.92 Å². The quantitative estimate of drug-likeness (QED) is 0.714. The van der Waals surface area contributed by atoms with Crippen LogP contribution in [0.2, 0.25) is 0 Å². The Morgan fingerprint density at radius 3 is 2.28 bits per heavy atom. The summed E-state index contributed by atoms with van der Waals surface area (Å²) in [7, 11) is 3.19. The summed E-state index contributed by atoms with van der Waals surface area (Å²) >= 11 is 0. The summed E-state index contributed by atoms with van der Waals surface area (Å²) in [4.78, 5) is 16.7. The van der Waals surface area contributed by atoms with E-state index in [1.807, 2.05) is 61.5 Å². The lowest BCUT2D eigenvalue weighted by molar-refractivity contribution is 0.355. The summed E-state index contributed by atoms with van der Waals surface area (Å²) in [6.07, 6.45) is 0. The Labute approximate surface area is 146 Å². The van der Waals surface area contributed by atoms with Crippen molar-refractivity contribution in [3.63, 3.8) is 0 Å². The predicted molar refractivity (Wildman–Crippen MR) is 98.1 cm³/mol. The van der Waals surface area contributed by atoms with Gasteiger partial charge in [0.15, 0.2) is 11.5 Å². The first kappa shape index (κ1) is 16.8. The van der Waals surface area contributed by atoms with Gasteiger partial charge in [0.2, 0.25) is 0 Å². The third-order valence-corrected chi connectivity index (χ3v) is 4.08. The predicted octanol–water partition coefficient (Wildman–Crippen LogP) is 3.61. The van der Waals surface area contributed by atoms with Crippen LogP contribution >= 0.6 is 0 Å². The van der Waals surface area contributed by atoms with E-state index in [1.54, 1.807) is 18.8 Å². The Bertz CT molecular complexity index is 933. The molecule has 5 heteroatoms. The van der Waals surface area contributed by atoms with Crippen molar-refractivity contribution in [3.8, 4) is 34.0 Å². The topological polar surface area (TPSA) is 53.4 Å². The summed E-state index contributed by atoms with van der Waals surface area (Å²) in [6.45, 7) is 2.46. The number of methoxy groups -OCH3 is 2. The third-order valence-electron chi connectivity index (χ3n) is 4.08. The molecule has 0 spiro atoms. The minimum absolute atomic E-state index is 0.270. The maximum absolute atomic E-state index is 12.5. The molecule has 0 amide bonds. The van der Waals surface area contributed by atoms with Crippen LogP contribution < -0.4 is 15.2 Å². The van der Waals surface area contributed by atoms with Crippen molar-refractivity contribution in [1.82, 2.24) is 9.55 Å². The lowest BCUT2D eigenvalue weighted by Gasteiger charge is -2.14. The van der Waals surface area contributed by atoms with Gasteiger partial charge in [-0.1, -0.05) is 30.3 Å². The molecule has 3 rings (SSSR count). The van der Waals surface area contributed by atoms with Gasteiger partial charge in [-0.3, -0.25) is 4.57 Å². The number of rotatable bonds is 5. The second-order valence-corrected chi connectivity index (χ2v) is 5.49. The molecule has 0 aliphatic heterocycles. The molecule has 0 aliphatic carbocycles. The number of hydrogen-bond acceptors (Lipinski definition) is 4. The van der Waals surface area contributed by atoms with Crippen LogP contribution in [0.3, 0.4) is 0 Å². The van der Waals surface area contributed by atoms with Gasteiger partial charge in [-0.05, 0) is 31.2 Å². The second kappa shape index (κ2) is 7.21. The molecule has 1 aromatic heterocycles. The minimum Gasteiger partial charge on any atom is -0.493 e. The number of nitrogens with zero attached hydrogens (tertiary/aromatic N) is 2. The van der Waals surface area contributed by atoms with Gasteiger partial charge in [0.05, 0.1) is 25.6 Å². The Hall–Kier alpha value is -3.08. The van der Waals surface area contributed by atoms with Crippen molar-refractivity contribution < 1.29 is 9.47 Å².